The van der Waals surface area contributed by atoms with Gasteiger partial charge in [-0.25, -0.2) is 4.79 Å². The lowest BCUT2D eigenvalue weighted by Crippen LogP contribution is -2.53. The summed E-state index contributed by atoms with van der Waals surface area (Å²) in [4.78, 5) is 19.8. The Bertz CT molecular complexity index is 496. The van der Waals surface area contributed by atoms with Crippen LogP contribution in [0.3, 0.4) is 0 Å². The molecule has 1 rings (SSSR count). The maximum absolute atomic E-state index is 11.0. The minimum atomic E-state index is -5.19. The first kappa shape index (κ1) is 18.2. The molecule has 0 amide bonds. The van der Waals surface area contributed by atoms with Crippen LogP contribution in [0.1, 0.15) is 37.1 Å². The predicted molar refractivity (Wildman–Crippen MR) is 61.3 cm³/mol. The highest BCUT2D eigenvalue weighted by atomic mass is 19.4. The Morgan fingerprint density at radius 2 is 1.95 bits per heavy atom. The fourth-order valence-electron chi connectivity index (χ4n) is 1.32. The minimum Gasteiger partial charge on any atom is -0.542 e. The number of hydrogen-bond acceptors (Lipinski definition) is 4. The monoisotopic (exact) mass is 295 g/mol. The summed E-state index contributed by atoms with van der Waals surface area (Å²) >= 11 is 0. The number of carbonyl (C=O) groups is 1. The third kappa shape index (κ3) is 6.93. The number of carboxylic acid groups (broad SMARTS) is 1. The largest absolute Gasteiger partial charge is 0.542 e. The summed E-state index contributed by atoms with van der Waals surface area (Å²) < 4.78 is 36.6. The maximum Gasteiger partial charge on any atom is 0.430 e. The molecule has 1 heterocycles. The molecule has 0 aliphatic rings. The Kier molecular flexibility index (Phi) is 6.98. The van der Waals surface area contributed by atoms with E-state index in [2.05, 4.69) is 12.7 Å². The standard InChI is InChI=1S/C10H15NO2.C2HF3O2/c1-3-4-8(11)9-5-7(2)6-10(12)13-9;3-2(4,5)1(6)7/h5-6,8H,3-4,11H2,1-2H3;(H,6,7)/t8-;/m1./s1. The van der Waals surface area contributed by atoms with Gasteiger partial charge >= 0.3 is 11.8 Å². The Morgan fingerprint density at radius 3 is 2.30 bits per heavy atom. The molecular formula is C12H16F3NO4. The van der Waals surface area contributed by atoms with Crippen molar-refractivity contribution in [1.82, 2.24) is 0 Å². The molecular weight excluding hydrogens is 279 g/mol. The number of carbonyl (C=O) groups excluding carboxylic acids is 1. The van der Waals surface area contributed by atoms with Crippen LogP contribution in [0.5, 0.6) is 0 Å². The number of aryl methyl sites for hydroxylation is 1. The second kappa shape index (κ2) is 7.68. The van der Waals surface area contributed by atoms with Crippen molar-refractivity contribution in [3.05, 3.63) is 33.9 Å². The second-order valence-corrected chi connectivity index (χ2v) is 4.13. The molecule has 0 radical (unpaired) electrons. The van der Waals surface area contributed by atoms with Crippen molar-refractivity contribution in [3.8, 4) is 0 Å². The van der Waals surface area contributed by atoms with Crippen LogP contribution in [0.25, 0.3) is 0 Å². The van der Waals surface area contributed by atoms with E-state index >= 15 is 0 Å². The van der Waals surface area contributed by atoms with Gasteiger partial charge < -0.3 is 20.1 Å². The van der Waals surface area contributed by atoms with Gasteiger partial charge in [0, 0.05) is 12.5 Å². The van der Waals surface area contributed by atoms with E-state index in [0.29, 0.717) is 5.76 Å². The number of alkyl halides is 3. The van der Waals surface area contributed by atoms with E-state index in [-0.39, 0.29) is 11.7 Å². The summed E-state index contributed by atoms with van der Waals surface area (Å²) in [5.41, 5.74) is 4.61. The van der Waals surface area contributed by atoms with Crippen LogP contribution < -0.4 is 16.5 Å². The fraction of sp³-hybridized carbons (Fsp3) is 0.500. The van der Waals surface area contributed by atoms with E-state index in [1.807, 2.05) is 13.0 Å². The Balaban J connectivity index is 0.000000441. The van der Waals surface area contributed by atoms with Crippen LogP contribution in [0, 0.1) is 6.92 Å². The second-order valence-electron chi connectivity index (χ2n) is 4.13. The first-order valence-electron chi connectivity index (χ1n) is 5.80. The zero-order valence-corrected chi connectivity index (χ0v) is 11.1. The van der Waals surface area contributed by atoms with E-state index in [1.165, 1.54) is 6.07 Å². The molecule has 5 nitrogen and oxygen atoms in total. The molecule has 8 heteroatoms. The summed E-state index contributed by atoms with van der Waals surface area (Å²) in [7, 11) is 0. The number of hydrogen-bond donors (Lipinski definition) is 1. The SMILES string of the molecule is CCC[C@@H]([NH3+])c1cc(C)cc(=O)o1.O=C([O-])C(F)(F)F. The zero-order chi connectivity index (χ0) is 15.9. The van der Waals surface area contributed by atoms with E-state index in [4.69, 9.17) is 14.3 Å². The topological polar surface area (TPSA) is 98.0 Å². The van der Waals surface area contributed by atoms with Crippen LogP contribution in [0.15, 0.2) is 21.3 Å². The number of aliphatic carboxylic acids is 1. The zero-order valence-electron chi connectivity index (χ0n) is 11.1. The first-order chi connectivity index (χ1) is 9.07. The molecule has 0 aromatic carbocycles. The van der Waals surface area contributed by atoms with Crippen molar-refractivity contribution in [1.29, 1.82) is 0 Å². The van der Waals surface area contributed by atoms with Gasteiger partial charge in [-0.2, -0.15) is 13.2 Å². The van der Waals surface area contributed by atoms with Crippen molar-refractivity contribution in [2.45, 2.75) is 38.9 Å². The van der Waals surface area contributed by atoms with Gasteiger partial charge in [0.1, 0.15) is 12.0 Å². The van der Waals surface area contributed by atoms with Crippen LogP contribution in [0.4, 0.5) is 13.2 Å². The van der Waals surface area contributed by atoms with Crippen molar-refractivity contribution in [3.63, 3.8) is 0 Å². The summed E-state index contributed by atoms with van der Waals surface area (Å²) in [6, 6.07) is 3.47. The van der Waals surface area contributed by atoms with E-state index in [0.717, 1.165) is 18.4 Å². The van der Waals surface area contributed by atoms with Crippen molar-refractivity contribution in [2.75, 3.05) is 0 Å². The van der Waals surface area contributed by atoms with Crippen molar-refractivity contribution < 1.29 is 33.2 Å². The fourth-order valence-corrected chi connectivity index (χ4v) is 1.32. The number of quaternary nitrogens is 1. The molecule has 20 heavy (non-hydrogen) atoms. The molecule has 0 aliphatic carbocycles. The lowest BCUT2D eigenvalue weighted by Gasteiger charge is -2.05. The minimum absolute atomic E-state index is 0.0950. The maximum atomic E-state index is 11.0. The molecule has 0 aliphatic heterocycles. The molecule has 1 aromatic rings. The molecule has 0 saturated carbocycles. The molecule has 114 valence electrons. The summed E-state index contributed by atoms with van der Waals surface area (Å²) in [5.74, 6) is -2.31. The highest BCUT2D eigenvalue weighted by Crippen LogP contribution is 2.13. The van der Waals surface area contributed by atoms with Gasteiger partial charge in [0.15, 0.2) is 5.76 Å². The van der Waals surface area contributed by atoms with Crippen LogP contribution in [0.2, 0.25) is 0 Å². The quantitative estimate of drug-likeness (QED) is 0.868. The summed E-state index contributed by atoms with van der Waals surface area (Å²) in [6.45, 7) is 3.98. The summed E-state index contributed by atoms with van der Waals surface area (Å²) in [6.07, 6.45) is -3.20. The van der Waals surface area contributed by atoms with E-state index in [1.54, 1.807) is 0 Å². The molecule has 1 atom stereocenters. The Labute approximate surface area is 113 Å². The number of carboxylic acids is 1. The van der Waals surface area contributed by atoms with Gasteiger partial charge in [0.25, 0.3) is 0 Å². The van der Waals surface area contributed by atoms with Crippen LogP contribution in [-0.4, -0.2) is 12.1 Å². The molecule has 1 aromatic heterocycles. The van der Waals surface area contributed by atoms with E-state index < -0.39 is 12.1 Å². The van der Waals surface area contributed by atoms with Gasteiger partial charge in [0.05, 0.1) is 0 Å². The third-order valence-corrected chi connectivity index (χ3v) is 2.20. The van der Waals surface area contributed by atoms with Gasteiger partial charge in [0.2, 0.25) is 0 Å². The molecule has 0 fully saturated rings. The van der Waals surface area contributed by atoms with Gasteiger partial charge in [-0.1, -0.05) is 13.3 Å². The predicted octanol–water partition coefficient (Wildman–Crippen LogP) is 0.330. The average Bonchev–Trinajstić information content (AvgIpc) is 2.27. The Hall–Kier alpha value is -1.83. The van der Waals surface area contributed by atoms with Crippen LogP contribution >= 0.6 is 0 Å². The summed E-state index contributed by atoms with van der Waals surface area (Å²) in [5, 5.41) is 8.78. The Morgan fingerprint density at radius 1 is 1.45 bits per heavy atom. The lowest BCUT2D eigenvalue weighted by molar-refractivity contribution is -0.432. The number of halogens is 3. The molecule has 0 bridgehead atoms. The normalized spacial score (nSPS) is 12.3. The molecule has 0 saturated heterocycles. The van der Waals surface area contributed by atoms with Crippen molar-refractivity contribution in [2.24, 2.45) is 0 Å². The first-order valence-corrected chi connectivity index (χ1v) is 5.80. The highest BCUT2D eigenvalue weighted by molar-refractivity contribution is 5.70. The van der Waals surface area contributed by atoms with Crippen LogP contribution in [-0.2, 0) is 4.79 Å². The molecule has 0 spiro atoms. The van der Waals surface area contributed by atoms with Gasteiger partial charge in [-0.3, -0.25) is 0 Å². The number of rotatable bonds is 3. The average molecular weight is 295 g/mol. The highest BCUT2D eigenvalue weighted by Gasteiger charge is 2.28. The van der Waals surface area contributed by atoms with Gasteiger partial charge in [-0.05, 0) is 18.6 Å². The van der Waals surface area contributed by atoms with Crippen molar-refractivity contribution >= 4 is 5.97 Å². The van der Waals surface area contributed by atoms with E-state index in [9.17, 15) is 18.0 Å². The smallest absolute Gasteiger partial charge is 0.430 e. The third-order valence-electron chi connectivity index (χ3n) is 2.20. The van der Waals surface area contributed by atoms with Gasteiger partial charge in [-0.15, -0.1) is 0 Å². The lowest BCUT2D eigenvalue weighted by atomic mass is 10.1. The molecule has 0 unspecified atom stereocenters. The molecule has 3 N–H and O–H groups in total.